The highest BCUT2D eigenvalue weighted by Gasteiger charge is 2.26. The largest absolute Gasteiger partial charge is 0.330 e. The van der Waals surface area contributed by atoms with Gasteiger partial charge in [0.1, 0.15) is 6.17 Å². The molecule has 0 radical (unpaired) electrons. The smallest absolute Gasteiger partial charge is 0.211 e. The number of hydrogen-bond acceptors (Lipinski definition) is 3. The Morgan fingerprint density at radius 1 is 0.411 bits per heavy atom. The van der Waals surface area contributed by atoms with E-state index in [1.807, 2.05) is 24.3 Å². The van der Waals surface area contributed by atoms with E-state index >= 15 is 0 Å². The normalized spacial score (nSPS) is 14.2. The Morgan fingerprint density at radius 2 is 0.946 bits per heavy atom. The first-order valence-electron chi connectivity index (χ1n) is 19.0. The van der Waals surface area contributed by atoms with Gasteiger partial charge in [0.2, 0.25) is 5.96 Å². The standard InChI is InChI=1S/C51H35N5/c1-5-18-34(19-6-1)38-28-17-31-45(48(38)35-20-7-2-8-21-35)55-43-29-15-13-26-39(43)41-32-42-40-27-14-16-30-44(40)56(47(42)33-46(41)55)51-53-49(36-22-9-3-10-23-36)52-50(54-51)37-24-11-4-12-25-37/h1-33,49H,(H,52,53,54). The van der Waals surface area contributed by atoms with E-state index in [9.17, 15) is 0 Å². The van der Waals surface area contributed by atoms with Crippen molar-refractivity contribution >= 4 is 55.4 Å². The molecule has 0 saturated heterocycles. The van der Waals surface area contributed by atoms with Crippen molar-refractivity contribution in [2.75, 3.05) is 0 Å². The molecule has 1 aliphatic heterocycles. The Labute approximate surface area is 324 Å². The van der Waals surface area contributed by atoms with Crippen molar-refractivity contribution in [2.45, 2.75) is 6.17 Å². The molecule has 8 aromatic carbocycles. The highest BCUT2D eigenvalue weighted by molar-refractivity contribution is 6.22. The number of hydrogen-bond donors (Lipinski definition) is 1. The summed E-state index contributed by atoms with van der Waals surface area (Å²) in [5.74, 6) is 1.43. The van der Waals surface area contributed by atoms with E-state index in [0.717, 1.165) is 44.8 Å². The van der Waals surface area contributed by atoms with Crippen molar-refractivity contribution in [3.05, 3.63) is 211 Å². The summed E-state index contributed by atoms with van der Waals surface area (Å²) >= 11 is 0. The van der Waals surface area contributed by atoms with Gasteiger partial charge in [-0.05, 0) is 52.6 Å². The van der Waals surface area contributed by atoms with Gasteiger partial charge in [-0.2, -0.15) is 4.99 Å². The van der Waals surface area contributed by atoms with Gasteiger partial charge in [-0.3, -0.25) is 4.57 Å². The Hall–Kier alpha value is -7.50. The lowest BCUT2D eigenvalue weighted by molar-refractivity contribution is 0.661. The third-order valence-corrected chi connectivity index (χ3v) is 11.0. The highest BCUT2D eigenvalue weighted by atomic mass is 15.3. The predicted molar refractivity (Wildman–Crippen MR) is 233 cm³/mol. The Balaban J connectivity index is 1.22. The fourth-order valence-electron chi connectivity index (χ4n) is 8.48. The molecule has 1 aliphatic rings. The first kappa shape index (κ1) is 32.0. The number of aliphatic imine (C=N–C) groups is 2. The molecule has 5 heteroatoms. The van der Waals surface area contributed by atoms with Crippen LogP contribution in [0.5, 0.6) is 0 Å². The van der Waals surface area contributed by atoms with Gasteiger partial charge in [0.05, 0.1) is 27.8 Å². The maximum Gasteiger partial charge on any atom is 0.211 e. The van der Waals surface area contributed by atoms with Crippen molar-refractivity contribution in [2.24, 2.45) is 9.98 Å². The minimum Gasteiger partial charge on any atom is -0.330 e. The van der Waals surface area contributed by atoms with Gasteiger partial charge in [-0.25, -0.2) is 4.99 Å². The SMILES string of the molecule is c1ccc(C2=NC(c3ccccc3)NC(n3c4ccccc4c4cc5c6ccccc6n(-c6cccc(-c7ccccc7)c6-c6ccccc6)c5cc43)=N2)cc1. The van der Waals surface area contributed by atoms with Gasteiger partial charge in [-0.15, -0.1) is 0 Å². The number of nitrogens with zero attached hydrogens (tertiary/aromatic N) is 4. The monoisotopic (exact) mass is 717 g/mol. The molecule has 0 aliphatic carbocycles. The maximum atomic E-state index is 5.28. The fourth-order valence-corrected chi connectivity index (χ4v) is 8.48. The van der Waals surface area contributed by atoms with Crippen LogP contribution >= 0.6 is 0 Å². The van der Waals surface area contributed by atoms with Crippen LogP contribution in [0.15, 0.2) is 210 Å². The van der Waals surface area contributed by atoms with Crippen LogP contribution in [0.2, 0.25) is 0 Å². The van der Waals surface area contributed by atoms with Crippen molar-refractivity contribution in [3.63, 3.8) is 0 Å². The molecular weight excluding hydrogens is 683 g/mol. The highest BCUT2D eigenvalue weighted by Crippen LogP contribution is 2.43. The molecule has 264 valence electrons. The van der Waals surface area contributed by atoms with Crippen LogP contribution in [-0.2, 0) is 0 Å². The fraction of sp³-hybridized carbons (Fsp3) is 0.0196. The van der Waals surface area contributed by atoms with Crippen LogP contribution in [0.1, 0.15) is 17.3 Å². The molecule has 56 heavy (non-hydrogen) atoms. The third-order valence-electron chi connectivity index (χ3n) is 11.0. The van der Waals surface area contributed by atoms with E-state index in [0.29, 0.717) is 5.84 Å². The molecule has 0 amide bonds. The maximum absolute atomic E-state index is 5.28. The molecule has 5 nitrogen and oxygen atoms in total. The van der Waals surface area contributed by atoms with E-state index in [4.69, 9.17) is 9.98 Å². The average molecular weight is 718 g/mol. The second-order valence-electron chi connectivity index (χ2n) is 14.2. The van der Waals surface area contributed by atoms with Crippen molar-refractivity contribution in [1.82, 2.24) is 14.5 Å². The van der Waals surface area contributed by atoms with Gasteiger partial charge in [0, 0.05) is 32.7 Å². The number of para-hydroxylation sites is 2. The molecule has 0 spiro atoms. The zero-order chi connectivity index (χ0) is 37.0. The first-order valence-corrected chi connectivity index (χ1v) is 19.0. The van der Waals surface area contributed by atoms with Crippen molar-refractivity contribution < 1.29 is 0 Å². The summed E-state index contributed by atoms with van der Waals surface area (Å²) in [5.41, 5.74) is 12.3. The minimum atomic E-state index is -0.320. The van der Waals surface area contributed by atoms with Gasteiger partial charge in [0.25, 0.3) is 0 Å². The van der Waals surface area contributed by atoms with E-state index in [-0.39, 0.29) is 6.17 Å². The van der Waals surface area contributed by atoms with Crippen LogP contribution in [0, 0.1) is 0 Å². The zero-order valence-electron chi connectivity index (χ0n) is 30.4. The minimum absolute atomic E-state index is 0.320. The van der Waals surface area contributed by atoms with E-state index in [1.165, 1.54) is 43.8 Å². The molecule has 1 unspecified atom stereocenters. The molecule has 0 saturated carbocycles. The lowest BCUT2D eigenvalue weighted by atomic mass is 9.93. The van der Waals surface area contributed by atoms with Gasteiger partial charge in [0.15, 0.2) is 5.84 Å². The topological polar surface area (TPSA) is 46.6 Å². The predicted octanol–water partition coefficient (Wildman–Crippen LogP) is 12.2. The average Bonchev–Trinajstić information content (AvgIpc) is 3.78. The van der Waals surface area contributed by atoms with E-state index < -0.39 is 0 Å². The van der Waals surface area contributed by atoms with Crippen molar-refractivity contribution in [3.8, 4) is 27.9 Å². The summed E-state index contributed by atoms with van der Waals surface area (Å²) in [6, 6.07) is 71.0. The molecule has 10 aromatic rings. The number of rotatable bonds is 5. The molecular formula is C51H35N5. The molecule has 2 aromatic heterocycles. The second-order valence-corrected chi connectivity index (χ2v) is 14.2. The van der Waals surface area contributed by atoms with Crippen LogP contribution in [0.4, 0.5) is 0 Å². The van der Waals surface area contributed by atoms with Crippen LogP contribution < -0.4 is 5.32 Å². The Morgan fingerprint density at radius 3 is 1.61 bits per heavy atom. The van der Waals surface area contributed by atoms with Crippen molar-refractivity contribution in [1.29, 1.82) is 0 Å². The number of nitrogens with one attached hydrogen (secondary N) is 1. The Kier molecular flexibility index (Phi) is 7.49. The molecule has 11 rings (SSSR count). The third kappa shape index (κ3) is 5.17. The lowest BCUT2D eigenvalue weighted by Crippen LogP contribution is -2.37. The van der Waals surface area contributed by atoms with Gasteiger partial charge in [-0.1, -0.05) is 170 Å². The molecule has 0 bridgehead atoms. The summed E-state index contributed by atoms with van der Waals surface area (Å²) in [4.78, 5) is 10.4. The summed E-state index contributed by atoms with van der Waals surface area (Å²) in [6.07, 6.45) is -0.320. The zero-order valence-corrected chi connectivity index (χ0v) is 30.4. The summed E-state index contributed by atoms with van der Waals surface area (Å²) < 4.78 is 4.75. The Bertz CT molecular complexity index is 3140. The summed E-state index contributed by atoms with van der Waals surface area (Å²) in [7, 11) is 0. The first-order chi connectivity index (χ1) is 27.8. The quantitative estimate of drug-likeness (QED) is 0.189. The summed E-state index contributed by atoms with van der Waals surface area (Å²) in [5, 5.41) is 8.50. The number of aromatic nitrogens is 2. The second kappa shape index (κ2) is 13.1. The van der Waals surface area contributed by atoms with Crippen LogP contribution in [0.3, 0.4) is 0 Å². The van der Waals surface area contributed by atoms with Gasteiger partial charge < -0.3 is 9.88 Å². The molecule has 1 atom stereocenters. The molecule has 1 N–H and O–H groups in total. The number of amidine groups is 1. The number of fused-ring (bicyclic) bond motifs is 6. The number of benzene rings is 8. The molecule has 3 heterocycles. The lowest BCUT2D eigenvalue weighted by Gasteiger charge is -2.24. The van der Waals surface area contributed by atoms with Crippen LogP contribution in [0.25, 0.3) is 71.6 Å². The van der Waals surface area contributed by atoms with Gasteiger partial charge >= 0.3 is 0 Å². The van der Waals surface area contributed by atoms with Crippen LogP contribution in [-0.4, -0.2) is 20.9 Å². The molecule has 0 fully saturated rings. The van der Waals surface area contributed by atoms with E-state index in [2.05, 4.69) is 190 Å². The summed E-state index contributed by atoms with van der Waals surface area (Å²) in [6.45, 7) is 0. The van der Waals surface area contributed by atoms with E-state index in [1.54, 1.807) is 0 Å².